The Morgan fingerprint density at radius 2 is 1.63 bits per heavy atom. The van der Waals surface area contributed by atoms with Gasteiger partial charge in [0, 0.05) is 0 Å². The summed E-state index contributed by atoms with van der Waals surface area (Å²) in [5.41, 5.74) is 0.935. The fourth-order valence-corrected chi connectivity index (χ4v) is 1.49. The zero-order chi connectivity index (χ0) is 13.8. The molecule has 0 radical (unpaired) electrons. The summed E-state index contributed by atoms with van der Waals surface area (Å²) in [5.74, 6) is -3.46. The number of benzene rings is 2. The Balaban J connectivity index is 2.11. The van der Waals surface area contributed by atoms with Gasteiger partial charge in [-0.25, -0.2) is 18.5 Å². The molecule has 0 fully saturated rings. The van der Waals surface area contributed by atoms with Gasteiger partial charge in [0.25, 0.3) is 0 Å². The van der Waals surface area contributed by atoms with E-state index in [9.17, 15) is 13.6 Å². The molecule has 0 aliphatic heterocycles. The van der Waals surface area contributed by atoms with Gasteiger partial charge in [-0.1, -0.05) is 24.3 Å². The molecule has 0 bridgehead atoms. The normalized spacial score (nSPS) is 10.1. The van der Waals surface area contributed by atoms with Gasteiger partial charge in [-0.15, -0.1) is 0 Å². The van der Waals surface area contributed by atoms with E-state index in [0.717, 1.165) is 12.1 Å². The van der Waals surface area contributed by atoms with Crippen LogP contribution in [0.4, 0.5) is 8.78 Å². The second kappa shape index (κ2) is 5.48. The highest BCUT2D eigenvalue weighted by molar-refractivity contribution is 5.90. The van der Waals surface area contributed by atoms with E-state index >= 15 is 0 Å². The number of rotatable bonds is 3. The van der Waals surface area contributed by atoms with Gasteiger partial charge in [-0.2, -0.15) is 0 Å². The molecular formula is C14H10F2O3. The second-order valence-corrected chi connectivity index (χ2v) is 3.82. The Kier molecular flexibility index (Phi) is 3.75. The first-order chi connectivity index (χ1) is 9.09. The molecule has 0 aliphatic rings. The summed E-state index contributed by atoms with van der Waals surface area (Å²) in [6.07, 6.45) is 0. The summed E-state index contributed by atoms with van der Waals surface area (Å²) >= 11 is 0. The number of hydrogen-bond acceptors (Lipinski definition) is 3. The van der Waals surface area contributed by atoms with Gasteiger partial charge in [-0.3, -0.25) is 4.89 Å². The minimum Gasteiger partial charge on any atom is -0.280 e. The highest BCUT2D eigenvalue weighted by atomic mass is 19.1. The van der Waals surface area contributed by atoms with Crippen LogP contribution in [0.15, 0.2) is 42.5 Å². The van der Waals surface area contributed by atoms with E-state index < -0.39 is 23.4 Å². The SMILES string of the molecule is Cc1ccccc1C(=O)OOc1c(F)cccc1F. The maximum atomic E-state index is 13.2. The van der Waals surface area contributed by atoms with Crippen molar-refractivity contribution < 1.29 is 23.4 Å². The minimum absolute atomic E-state index is 0.263. The Hall–Kier alpha value is -2.43. The summed E-state index contributed by atoms with van der Waals surface area (Å²) in [7, 11) is 0. The molecule has 2 rings (SSSR count). The fraction of sp³-hybridized carbons (Fsp3) is 0.0714. The molecule has 0 unspecified atom stereocenters. The summed E-state index contributed by atoms with van der Waals surface area (Å²) in [6, 6.07) is 9.82. The third-order valence-electron chi connectivity index (χ3n) is 2.48. The summed E-state index contributed by atoms with van der Waals surface area (Å²) in [6.45, 7) is 1.71. The Bertz CT molecular complexity index is 591. The fourth-order valence-electron chi connectivity index (χ4n) is 1.49. The van der Waals surface area contributed by atoms with Gasteiger partial charge in [0.05, 0.1) is 5.56 Å². The zero-order valence-electron chi connectivity index (χ0n) is 10.0. The average molecular weight is 264 g/mol. The zero-order valence-corrected chi connectivity index (χ0v) is 10.0. The molecule has 0 N–H and O–H groups in total. The molecule has 0 aromatic heterocycles. The lowest BCUT2D eigenvalue weighted by Gasteiger charge is -2.07. The maximum absolute atomic E-state index is 13.2. The third-order valence-corrected chi connectivity index (χ3v) is 2.48. The van der Waals surface area contributed by atoms with Gasteiger partial charge in [0.15, 0.2) is 11.6 Å². The lowest BCUT2D eigenvalue weighted by Crippen LogP contribution is -2.11. The number of carbonyl (C=O) groups is 1. The van der Waals surface area contributed by atoms with E-state index in [1.54, 1.807) is 25.1 Å². The molecule has 0 aliphatic carbocycles. The summed E-state index contributed by atoms with van der Waals surface area (Å²) in [5, 5.41) is 0. The third kappa shape index (κ3) is 2.88. The van der Waals surface area contributed by atoms with Crippen LogP contribution in [0.1, 0.15) is 15.9 Å². The van der Waals surface area contributed by atoms with Crippen LogP contribution in [0.3, 0.4) is 0 Å². The van der Waals surface area contributed by atoms with E-state index in [1.165, 1.54) is 12.1 Å². The standard InChI is InChI=1S/C14H10F2O3/c1-9-5-2-3-6-10(9)14(17)19-18-13-11(15)7-4-8-12(13)16/h2-8H,1H3. The second-order valence-electron chi connectivity index (χ2n) is 3.82. The van der Waals surface area contributed by atoms with Crippen molar-refractivity contribution in [3.05, 3.63) is 65.2 Å². The molecule has 2 aromatic rings. The molecular weight excluding hydrogens is 254 g/mol. The van der Waals surface area contributed by atoms with Crippen molar-refractivity contribution in [1.82, 2.24) is 0 Å². The molecule has 98 valence electrons. The van der Waals surface area contributed by atoms with Crippen molar-refractivity contribution in [3.8, 4) is 5.75 Å². The largest absolute Gasteiger partial charge is 0.386 e. The van der Waals surface area contributed by atoms with Gasteiger partial charge >= 0.3 is 5.97 Å². The van der Waals surface area contributed by atoms with E-state index in [2.05, 4.69) is 9.78 Å². The van der Waals surface area contributed by atoms with Crippen LogP contribution in [0.25, 0.3) is 0 Å². The van der Waals surface area contributed by atoms with Crippen LogP contribution in [0.5, 0.6) is 5.75 Å². The van der Waals surface area contributed by atoms with Crippen molar-refractivity contribution in [2.24, 2.45) is 0 Å². The van der Waals surface area contributed by atoms with E-state index in [4.69, 9.17) is 0 Å². The molecule has 0 heterocycles. The highest BCUT2D eigenvalue weighted by Gasteiger charge is 2.16. The summed E-state index contributed by atoms with van der Waals surface area (Å²) in [4.78, 5) is 20.5. The number of halogens is 2. The average Bonchev–Trinajstić information content (AvgIpc) is 2.38. The molecule has 0 saturated heterocycles. The van der Waals surface area contributed by atoms with E-state index in [1.807, 2.05) is 0 Å². The Morgan fingerprint density at radius 3 is 2.26 bits per heavy atom. The van der Waals surface area contributed by atoms with E-state index in [-0.39, 0.29) is 5.56 Å². The first-order valence-corrected chi connectivity index (χ1v) is 5.48. The Morgan fingerprint density at radius 1 is 1.00 bits per heavy atom. The topological polar surface area (TPSA) is 35.5 Å². The van der Waals surface area contributed by atoms with Gasteiger partial charge in [0.1, 0.15) is 0 Å². The smallest absolute Gasteiger partial charge is 0.280 e. The van der Waals surface area contributed by atoms with Crippen LogP contribution in [-0.2, 0) is 4.89 Å². The van der Waals surface area contributed by atoms with Crippen molar-refractivity contribution in [3.63, 3.8) is 0 Å². The van der Waals surface area contributed by atoms with E-state index in [0.29, 0.717) is 5.56 Å². The predicted molar refractivity (Wildman–Crippen MR) is 63.6 cm³/mol. The van der Waals surface area contributed by atoms with Gasteiger partial charge in [-0.05, 0) is 30.7 Å². The number of carbonyl (C=O) groups excluding carboxylic acids is 1. The molecule has 0 atom stereocenters. The predicted octanol–water partition coefficient (Wildman–Crippen LogP) is 3.42. The molecule has 3 nitrogen and oxygen atoms in total. The molecule has 2 aromatic carbocycles. The van der Waals surface area contributed by atoms with Gasteiger partial charge in [0.2, 0.25) is 5.75 Å². The number of aryl methyl sites for hydroxylation is 1. The quantitative estimate of drug-likeness (QED) is 0.629. The molecule has 0 saturated carbocycles. The van der Waals surface area contributed by atoms with Crippen molar-refractivity contribution in [2.75, 3.05) is 0 Å². The van der Waals surface area contributed by atoms with Crippen molar-refractivity contribution in [1.29, 1.82) is 0 Å². The molecule has 19 heavy (non-hydrogen) atoms. The van der Waals surface area contributed by atoms with Crippen LogP contribution in [0, 0.1) is 18.6 Å². The van der Waals surface area contributed by atoms with Crippen LogP contribution >= 0.6 is 0 Å². The Labute approximate surface area is 108 Å². The lowest BCUT2D eigenvalue weighted by atomic mass is 10.1. The van der Waals surface area contributed by atoms with Crippen LogP contribution in [-0.4, -0.2) is 5.97 Å². The van der Waals surface area contributed by atoms with Crippen LogP contribution in [0.2, 0.25) is 0 Å². The minimum atomic E-state index is -0.947. The van der Waals surface area contributed by atoms with Gasteiger partial charge < -0.3 is 0 Å². The van der Waals surface area contributed by atoms with Crippen molar-refractivity contribution in [2.45, 2.75) is 6.92 Å². The molecule has 5 heteroatoms. The first kappa shape index (κ1) is 13.0. The monoisotopic (exact) mass is 264 g/mol. The summed E-state index contributed by atoms with van der Waals surface area (Å²) < 4.78 is 26.5. The lowest BCUT2D eigenvalue weighted by molar-refractivity contribution is -0.154. The maximum Gasteiger partial charge on any atom is 0.386 e. The van der Waals surface area contributed by atoms with Crippen molar-refractivity contribution >= 4 is 5.97 Å². The number of para-hydroxylation sites is 1. The first-order valence-electron chi connectivity index (χ1n) is 5.48. The highest BCUT2D eigenvalue weighted by Crippen LogP contribution is 2.21. The number of hydrogen-bond donors (Lipinski definition) is 0. The molecule has 0 spiro atoms. The molecule has 0 amide bonds. The van der Waals surface area contributed by atoms with Crippen LogP contribution < -0.4 is 4.89 Å².